The molecule has 0 fully saturated rings. The summed E-state index contributed by atoms with van der Waals surface area (Å²) in [4.78, 5) is 0. The molecule has 1 aromatic rings. The highest BCUT2D eigenvalue weighted by atomic mass is 32.2. The van der Waals surface area contributed by atoms with Crippen LogP contribution in [0, 0.1) is 0 Å². The van der Waals surface area contributed by atoms with E-state index in [0.717, 1.165) is 17.7 Å². The van der Waals surface area contributed by atoms with E-state index >= 15 is 0 Å². The molecule has 1 aromatic carbocycles. The first-order valence-corrected chi connectivity index (χ1v) is 7.36. The second kappa shape index (κ2) is 4.66. The zero-order valence-electron chi connectivity index (χ0n) is 10.1. The average Bonchev–Trinajstić information content (AvgIpc) is 2.28. The lowest BCUT2D eigenvalue weighted by Crippen LogP contribution is -2.45. The van der Waals surface area contributed by atoms with Crippen LogP contribution in [0.25, 0.3) is 0 Å². The zero-order valence-corrected chi connectivity index (χ0v) is 10.9. The molecule has 1 aliphatic heterocycles. The van der Waals surface area contributed by atoms with E-state index in [9.17, 15) is 8.42 Å². The summed E-state index contributed by atoms with van der Waals surface area (Å²) < 4.78 is 26.3. The summed E-state index contributed by atoms with van der Waals surface area (Å²) in [5.41, 5.74) is 2.27. The van der Waals surface area contributed by atoms with E-state index < -0.39 is 10.0 Å². The quantitative estimate of drug-likeness (QED) is 0.856. The fourth-order valence-electron chi connectivity index (χ4n) is 1.89. The van der Waals surface area contributed by atoms with Gasteiger partial charge in [-0.25, -0.2) is 13.1 Å². The van der Waals surface area contributed by atoms with Crippen LogP contribution in [-0.4, -0.2) is 26.3 Å². The van der Waals surface area contributed by atoms with Gasteiger partial charge in [-0.1, -0.05) is 18.2 Å². The molecule has 0 spiro atoms. The van der Waals surface area contributed by atoms with E-state index in [4.69, 9.17) is 0 Å². The third-order valence-corrected chi connectivity index (χ3v) is 4.88. The SMILES string of the molecule is CC(C)S(=O)(=O)NC1CNc2ccccc2C1. The van der Waals surface area contributed by atoms with E-state index in [1.54, 1.807) is 13.8 Å². The van der Waals surface area contributed by atoms with E-state index in [1.807, 2.05) is 24.3 Å². The van der Waals surface area contributed by atoms with Crippen LogP contribution < -0.4 is 10.0 Å². The van der Waals surface area contributed by atoms with Crippen LogP contribution in [0.2, 0.25) is 0 Å². The number of rotatable bonds is 3. The number of nitrogens with one attached hydrogen (secondary N) is 2. The molecule has 0 saturated carbocycles. The van der Waals surface area contributed by atoms with Crippen LogP contribution in [0.1, 0.15) is 19.4 Å². The Balaban J connectivity index is 2.09. The standard InChI is InChI=1S/C12H18N2O2S/c1-9(2)17(15,16)14-11-7-10-5-3-4-6-12(10)13-8-11/h3-6,9,11,13-14H,7-8H2,1-2H3. The van der Waals surface area contributed by atoms with Crippen molar-refractivity contribution in [1.29, 1.82) is 0 Å². The molecule has 1 atom stereocenters. The smallest absolute Gasteiger partial charge is 0.214 e. The lowest BCUT2D eigenvalue weighted by Gasteiger charge is -2.27. The molecular weight excluding hydrogens is 236 g/mol. The van der Waals surface area contributed by atoms with Crippen LogP contribution in [0.3, 0.4) is 0 Å². The Morgan fingerprint density at radius 1 is 1.35 bits per heavy atom. The first kappa shape index (κ1) is 12.4. The Morgan fingerprint density at radius 2 is 2.06 bits per heavy atom. The molecule has 4 nitrogen and oxygen atoms in total. The van der Waals surface area contributed by atoms with Gasteiger partial charge in [-0.2, -0.15) is 0 Å². The predicted molar refractivity (Wildman–Crippen MR) is 69.6 cm³/mol. The number of benzene rings is 1. The first-order valence-electron chi connectivity index (χ1n) is 5.82. The van der Waals surface area contributed by atoms with Gasteiger partial charge in [-0.05, 0) is 31.9 Å². The summed E-state index contributed by atoms with van der Waals surface area (Å²) in [5.74, 6) is 0. The van der Waals surface area contributed by atoms with Gasteiger partial charge in [0.1, 0.15) is 0 Å². The van der Waals surface area contributed by atoms with Crippen LogP contribution in [0.5, 0.6) is 0 Å². The molecule has 0 aromatic heterocycles. The van der Waals surface area contributed by atoms with Crippen molar-refractivity contribution in [1.82, 2.24) is 4.72 Å². The molecule has 0 aliphatic carbocycles. The summed E-state index contributed by atoms with van der Waals surface area (Å²) in [6, 6.07) is 7.93. The highest BCUT2D eigenvalue weighted by Gasteiger charge is 2.24. The molecule has 1 heterocycles. The average molecular weight is 254 g/mol. The Bertz CT molecular complexity index is 497. The molecule has 1 aliphatic rings. The van der Waals surface area contributed by atoms with Crippen molar-refractivity contribution in [3.63, 3.8) is 0 Å². The van der Waals surface area contributed by atoms with Crippen molar-refractivity contribution in [2.45, 2.75) is 31.6 Å². The van der Waals surface area contributed by atoms with Crippen molar-refractivity contribution >= 4 is 15.7 Å². The topological polar surface area (TPSA) is 58.2 Å². The molecule has 17 heavy (non-hydrogen) atoms. The van der Waals surface area contributed by atoms with Gasteiger partial charge in [-0.3, -0.25) is 0 Å². The van der Waals surface area contributed by atoms with Gasteiger partial charge in [0.25, 0.3) is 0 Å². The molecule has 2 N–H and O–H groups in total. The van der Waals surface area contributed by atoms with Crippen molar-refractivity contribution in [2.75, 3.05) is 11.9 Å². The molecule has 5 heteroatoms. The van der Waals surface area contributed by atoms with Gasteiger partial charge >= 0.3 is 0 Å². The monoisotopic (exact) mass is 254 g/mol. The number of para-hydroxylation sites is 1. The van der Waals surface area contributed by atoms with E-state index in [-0.39, 0.29) is 11.3 Å². The van der Waals surface area contributed by atoms with Crippen molar-refractivity contribution in [2.24, 2.45) is 0 Å². The molecule has 0 radical (unpaired) electrons. The summed E-state index contributed by atoms with van der Waals surface area (Å²) in [6.45, 7) is 4.02. The minimum Gasteiger partial charge on any atom is -0.383 e. The van der Waals surface area contributed by atoms with Gasteiger partial charge in [0.15, 0.2) is 0 Å². The maximum Gasteiger partial charge on any atom is 0.214 e. The summed E-state index contributed by atoms with van der Waals surface area (Å²) in [6.07, 6.45) is 0.745. The normalized spacial score (nSPS) is 19.8. The predicted octanol–water partition coefficient (Wildman–Crippen LogP) is 1.35. The van der Waals surface area contributed by atoms with E-state index in [0.29, 0.717) is 6.54 Å². The van der Waals surface area contributed by atoms with Gasteiger partial charge in [0.2, 0.25) is 10.0 Å². The second-order valence-corrected chi connectivity index (χ2v) is 6.92. The van der Waals surface area contributed by atoms with Crippen LogP contribution >= 0.6 is 0 Å². The Labute approximate surface area is 102 Å². The number of sulfonamides is 1. The highest BCUT2D eigenvalue weighted by molar-refractivity contribution is 7.90. The van der Waals surface area contributed by atoms with Crippen molar-refractivity contribution in [3.05, 3.63) is 29.8 Å². The lowest BCUT2D eigenvalue weighted by molar-refractivity contribution is 0.541. The third-order valence-electron chi connectivity index (χ3n) is 2.97. The minimum atomic E-state index is -3.19. The minimum absolute atomic E-state index is 0.0581. The molecule has 1 unspecified atom stereocenters. The maximum atomic E-state index is 11.8. The molecule has 2 rings (SSSR count). The molecule has 0 bridgehead atoms. The Morgan fingerprint density at radius 3 is 2.76 bits per heavy atom. The van der Waals surface area contributed by atoms with Gasteiger partial charge in [0.05, 0.1) is 5.25 Å². The molecule has 94 valence electrons. The number of hydrogen-bond donors (Lipinski definition) is 2. The van der Waals surface area contributed by atoms with Crippen LogP contribution in [0.4, 0.5) is 5.69 Å². The van der Waals surface area contributed by atoms with E-state index in [2.05, 4.69) is 10.0 Å². The fourth-order valence-corrected chi connectivity index (χ4v) is 2.80. The van der Waals surface area contributed by atoms with Crippen molar-refractivity contribution in [3.8, 4) is 0 Å². The first-order chi connectivity index (χ1) is 7.99. The highest BCUT2D eigenvalue weighted by Crippen LogP contribution is 2.21. The van der Waals surface area contributed by atoms with E-state index in [1.165, 1.54) is 0 Å². The molecule has 0 amide bonds. The van der Waals surface area contributed by atoms with Gasteiger partial charge < -0.3 is 5.32 Å². The third kappa shape index (κ3) is 2.79. The summed E-state index contributed by atoms with van der Waals surface area (Å²) >= 11 is 0. The number of hydrogen-bond acceptors (Lipinski definition) is 3. The van der Waals surface area contributed by atoms with Gasteiger partial charge in [-0.15, -0.1) is 0 Å². The fraction of sp³-hybridized carbons (Fsp3) is 0.500. The largest absolute Gasteiger partial charge is 0.383 e. The molecular formula is C12H18N2O2S. The maximum absolute atomic E-state index is 11.8. The zero-order chi connectivity index (χ0) is 12.5. The van der Waals surface area contributed by atoms with Crippen molar-refractivity contribution < 1.29 is 8.42 Å². The summed E-state index contributed by atoms with van der Waals surface area (Å²) in [7, 11) is -3.19. The molecule has 0 saturated heterocycles. The Hall–Kier alpha value is -1.07. The van der Waals surface area contributed by atoms with Gasteiger partial charge in [0, 0.05) is 18.3 Å². The van der Waals surface area contributed by atoms with Crippen LogP contribution in [-0.2, 0) is 16.4 Å². The van der Waals surface area contributed by atoms with Crippen LogP contribution in [0.15, 0.2) is 24.3 Å². The number of fused-ring (bicyclic) bond motifs is 1. The lowest BCUT2D eigenvalue weighted by atomic mass is 10.0. The Kier molecular flexibility index (Phi) is 3.40. The summed E-state index contributed by atoms with van der Waals surface area (Å²) in [5, 5.41) is 2.86. The number of anilines is 1. The second-order valence-electron chi connectivity index (χ2n) is 4.65.